The summed E-state index contributed by atoms with van der Waals surface area (Å²) in [5, 5.41) is 0. The predicted molar refractivity (Wildman–Crippen MR) is 121 cm³/mol. The Morgan fingerprint density at radius 2 is 1.65 bits per heavy atom. The minimum atomic E-state index is -0.104. The van der Waals surface area contributed by atoms with Crippen LogP contribution < -0.4 is 0 Å². The van der Waals surface area contributed by atoms with Crippen LogP contribution in [0.3, 0.4) is 0 Å². The van der Waals surface area contributed by atoms with Gasteiger partial charge in [0.1, 0.15) is 0 Å². The summed E-state index contributed by atoms with van der Waals surface area (Å²) >= 11 is 0. The molecular weight excluding hydrogens is 388 g/mol. The van der Waals surface area contributed by atoms with Crippen LogP contribution in [0.25, 0.3) is 0 Å². The molecule has 0 saturated carbocycles. The standard InChI is InChI=1S/C26H36N2O3/c1-3-31-25(30)28-20-7-5-19(6-8-21(28)10-9-20)27-14-12-26(13-15-27)17-24(29)22-16-18(2)4-11-23(22)26/h4,11,16,19-21H,3,5-10,12-15,17H2,1-2H3. The van der Waals surface area contributed by atoms with Crippen molar-refractivity contribution in [2.24, 2.45) is 0 Å². The lowest BCUT2D eigenvalue weighted by Gasteiger charge is -2.44. The molecule has 168 valence electrons. The molecule has 0 aromatic heterocycles. The number of Topliss-reactive ketones (excluding diaryl/α,β-unsaturated/α-hetero) is 1. The highest BCUT2D eigenvalue weighted by Gasteiger charge is 2.46. The van der Waals surface area contributed by atoms with Crippen LogP contribution in [0.2, 0.25) is 0 Å². The van der Waals surface area contributed by atoms with Crippen molar-refractivity contribution >= 4 is 11.9 Å². The number of likely N-dealkylation sites (tertiary alicyclic amines) is 1. The van der Waals surface area contributed by atoms with Crippen LogP contribution in [0.15, 0.2) is 18.2 Å². The second-order valence-corrected chi connectivity index (χ2v) is 10.3. The molecule has 2 bridgehead atoms. The molecule has 1 aromatic carbocycles. The fraction of sp³-hybridized carbons (Fsp3) is 0.692. The zero-order valence-corrected chi connectivity index (χ0v) is 19.1. The van der Waals surface area contributed by atoms with E-state index in [1.807, 2.05) is 6.92 Å². The van der Waals surface area contributed by atoms with Gasteiger partial charge in [-0.05, 0) is 89.9 Å². The Labute approximate surface area is 186 Å². The molecule has 2 unspecified atom stereocenters. The predicted octanol–water partition coefficient (Wildman–Crippen LogP) is 4.85. The fourth-order valence-corrected chi connectivity index (χ4v) is 6.92. The van der Waals surface area contributed by atoms with Gasteiger partial charge >= 0.3 is 6.09 Å². The molecule has 3 heterocycles. The average molecular weight is 425 g/mol. The van der Waals surface area contributed by atoms with Crippen molar-refractivity contribution in [1.29, 1.82) is 0 Å². The van der Waals surface area contributed by atoms with Crippen LogP contribution in [0.5, 0.6) is 0 Å². The van der Waals surface area contributed by atoms with E-state index in [9.17, 15) is 9.59 Å². The number of rotatable bonds is 2. The Balaban J connectivity index is 1.24. The number of nitrogens with zero attached hydrogens (tertiary/aromatic N) is 2. The van der Waals surface area contributed by atoms with E-state index in [0.29, 0.717) is 36.9 Å². The molecule has 0 radical (unpaired) electrons. The van der Waals surface area contributed by atoms with E-state index in [-0.39, 0.29) is 11.5 Å². The van der Waals surface area contributed by atoms with Crippen LogP contribution in [0.4, 0.5) is 4.79 Å². The summed E-state index contributed by atoms with van der Waals surface area (Å²) < 4.78 is 5.35. The van der Waals surface area contributed by atoms with E-state index in [0.717, 1.165) is 70.0 Å². The number of ketones is 1. The van der Waals surface area contributed by atoms with Crippen LogP contribution in [-0.4, -0.2) is 59.5 Å². The molecule has 1 aliphatic carbocycles. The Morgan fingerprint density at radius 3 is 2.26 bits per heavy atom. The van der Waals surface area contributed by atoms with E-state index in [4.69, 9.17) is 4.74 Å². The van der Waals surface area contributed by atoms with Crippen molar-refractivity contribution in [3.8, 4) is 0 Å². The van der Waals surface area contributed by atoms with E-state index in [1.54, 1.807) is 0 Å². The molecule has 3 saturated heterocycles. The zero-order chi connectivity index (χ0) is 21.6. The maximum atomic E-state index is 12.7. The van der Waals surface area contributed by atoms with Gasteiger partial charge in [0, 0.05) is 35.5 Å². The first-order chi connectivity index (χ1) is 15.0. The highest BCUT2D eigenvalue weighted by Crippen LogP contribution is 2.47. The lowest BCUT2D eigenvalue weighted by Crippen LogP contribution is -2.49. The van der Waals surface area contributed by atoms with Gasteiger partial charge in [0.05, 0.1) is 6.61 Å². The van der Waals surface area contributed by atoms with Gasteiger partial charge < -0.3 is 14.5 Å². The molecule has 5 rings (SSSR count). The van der Waals surface area contributed by atoms with Crippen LogP contribution in [0, 0.1) is 6.92 Å². The Kier molecular flexibility index (Phi) is 5.58. The van der Waals surface area contributed by atoms with Gasteiger partial charge in [0.2, 0.25) is 0 Å². The largest absolute Gasteiger partial charge is 0.450 e. The third-order valence-electron chi connectivity index (χ3n) is 8.58. The molecule has 3 aliphatic heterocycles. The first kappa shape index (κ1) is 21.0. The molecule has 1 spiro atoms. The number of benzene rings is 1. The van der Waals surface area contributed by atoms with E-state index in [2.05, 4.69) is 34.9 Å². The minimum absolute atomic E-state index is 0.0674. The number of carbonyl (C=O) groups is 2. The molecule has 4 aliphatic rings. The minimum Gasteiger partial charge on any atom is -0.450 e. The summed E-state index contributed by atoms with van der Waals surface area (Å²) in [6.07, 6.45) is 9.51. The van der Waals surface area contributed by atoms with Crippen LogP contribution in [0.1, 0.15) is 86.2 Å². The van der Waals surface area contributed by atoms with Crippen molar-refractivity contribution in [1.82, 2.24) is 9.80 Å². The maximum Gasteiger partial charge on any atom is 0.410 e. The lowest BCUT2D eigenvalue weighted by atomic mass is 9.73. The van der Waals surface area contributed by atoms with E-state index in [1.165, 1.54) is 11.1 Å². The van der Waals surface area contributed by atoms with Crippen LogP contribution >= 0.6 is 0 Å². The number of fused-ring (bicyclic) bond motifs is 4. The smallest absolute Gasteiger partial charge is 0.410 e. The summed E-state index contributed by atoms with van der Waals surface area (Å²) in [6.45, 7) is 6.59. The van der Waals surface area contributed by atoms with Gasteiger partial charge in [-0.25, -0.2) is 4.79 Å². The van der Waals surface area contributed by atoms with E-state index < -0.39 is 0 Å². The molecular formula is C26H36N2O3. The summed E-state index contributed by atoms with van der Waals surface area (Å²) in [6, 6.07) is 7.81. The molecule has 3 fully saturated rings. The van der Waals surface area contributed by atoms with Gasteiger partial charge in [-0.15, -0.1) is 0 Å². The van der Waals surface area contributed by atoms with Gasteiger partial charge in [-0.1, -0.05) is 17.7 Å². The van der Waals surface area contributed by atoms with Crippen molar-refractivity contribution in [2.75, 3.05) is 19.7 Å². The Morgan fingerprint density at radius 1 is 1.03 bits per heavy atom. The highest BCUT2D eigenvalue weighted by molar-refractivity contribution is 6.02. The molecule has 1 aromatic rings. The summed E-state index contributed by atoms with van der Waals surface area (Å²) in [7, 11) is 0. The number of ether oxygens (including phenoxy) is 1. The molecule has 5 nitrogen and oxygen atoms in total. The number of amides is 1. The van der Waals surface area contributed by atoms with Crippen molar-refractivity contribution in [3.63, 3.8) is 0 Å². The van der Waals surface area contributed by atoms with Gasteiger partial charge in [0.15, 0.2) is 5.78 Å². The number of hydrogen-bond donors (Lipinski definition) is 0. The quantitative estimate of drug-likeness (QED) is 0.681. The number of aryl methyl sites for hydroxylation is 1. The molecule has 2 atom stereocenters. The SMILES string of the molecule is CCOC(=O)N1C2CCC(N3CCC4(CC3)CC(=O)c3cc(C)ccc34)CCC1CC2. The van der Waals surface area contributed by atoms with Crippen molar-refractivity contribution < 1.29 is 14.3 Å². The normalized spacial score (nSPS) is 30.2. The maximum absolute atomic E-state index is 12.7. The zero-order valence-electron chi connectivity index (χ0n) is 19.1. The Hall–Kier alpha value is -1.88. The molecule has 1 amide bonds. The second kappa shape index (κ2) is 8.23. The summed E-state index contributed by atoms with van der Waals surface area (Å²) in [5.74, 6) is 0.341. The molecule has 31 heavy (non-hydrogen) atoms. The van der Waals surface area contributed by atoms with Gasteiger partial charge in [-0.3, -0.25) is 4.79 Å². The Bertz CT molecular complexity index is 842. The van der Waals surface area contributed by atoms with Crippen molar-refractivity contribution in [3.05, 3.63) is 34.9 Å². The third kappa shape index (κ3) is 3.69. The number of hydrogen-bond acceptors (Lipinski definition) is 4. The number of carbonyl (C=O) groups excluding carboxylic acids is 2. The third-order valence-corrected chi connectivity index (χ3v) is 8.58. The van der Waals surface area contributed by atoms with E-state index >= 15 is 0 Å². The second-order valence-electron chi connectivity index (χ2n) is 10.3. The fourth-order valence-electron chi connectivity index (χ4n) is 6.92. The summed E-state index contributed by atoms with van der Waals surface area (Å²) in [4.78, 5) is 29.9. The summed E-state index contributed by atoms with van der Waals surface area (Å²) in [5.41, 5.74) is 3.54. The topological polar surface area (TPSA) is 49.9 Å². The van der Waals surface area contributed by atoms with Crippen LogP contribution in [-0.2, 0) is 10.2 Å². The molecule has 5 heteroatoms. The van der Waals surface area contributed by atoms with Gasteiger partial charge in [-0.2, -0.15) is 0 Å². The number of piperidine rings is 1. The highest BCUT2D eigenvalue weighted by atomic mass is 16.6. The average Bonchev–Trinajstić information content (AvgIpc) is 3.29. The first-order valence-electron chi connectivity index (χ1n) is 12.3. The molecule has 0 N–H and O–H groups in total. The first-order valence-corrected chi connectivity index (χ1v) is 12.3. The van der Waals surface area contributed by atoms with Crippen molar-refractivity contribution in [2.45, 2.75) is 95.2 Å². The van der Waals surface area contributed by atoms with Gasteiger partial charge in [0.25, 0.3) is 0 Å². The monoisotopic (exact) mass is 424 g/mol. The lowest BCUT2D eigenvalue weighted by molar-refractivity contribution is 0.0575.